The summed E-state index contributed by atoms with van der Waals surface area (Å²) in [5.41, 5.74) is 3.49. The Hall–Kier alpha value is -1.95. The van der Waals surface area contributed by atoms with Crippen molar-refractivity contribution >= 4 is 27.4 Å². The second-order valence-electron chi connectivity index (χ2n) is 4.87. The SMILES string of the molecule is Brc1cccc2c1CC[C@@H]2Nc1cncc2ncnn12. The summed E-state index contributed by atoms with van der Waals surface area (Å²) in [5.74, 6) is 0.873. The minimum Gasteiger partial charge on any atom is -0.362 e. The van der Waals surface area contributed by atoms with E-state index in [4.69, 9.17) is 0 Å². The van der Waals surface area contributed by atoms with Gasteiger partial charge in [-0.15, -0.1) is 0 Å². The van der Waals surface area contributed by atoms with E-state index in [1.54, 1.807) is 23.2 Å². The largest absolute Gasteiger partial charge is 0.362 e. The van der Waals surface area contributed by atoms with E-state index in [2.05, 4.69) is 54.5 Å². The molecule has 1 aromatic carbocycles. The second kappa shape index (κ2) is 4.56. The number of fused-ring (bicyclic) bond motifs is 2. The van der Waals surface area contributed by atoms with Gasteiger partial charge in [-0.1, -0.05) is 28.1 Å². The Morgan fingerprint density at radius 3 is 3.20 bits per heavy atom. The second-order valence-corrected chi connectivity index (χ2v) is 5.72. The zero-order chi connectivity index (χ0) is 13.5. The number of halogens is 1. The van der Waals surface area contributed by atoms with Crippen LogP contribution in [0.3, 0.4) is 0 Å². The van der Waals surface area contributed by atoms with Gasteiger partial charge in [0.25, 0.3) is 0 Å². The molecule has 1 aliphatic rings. The van der Waals surface area contributed by atoms with Crippen molar-refractivity contribution in [1.82, 2.24) is 19.6 Å². The van der Waals surface area contributed by atoms with Crippen LogP contribution in [0.4, 0.5) is 5.82 Å². The number of hydrogen-bond acceptors (Lipinski definition) is 4. The van der Waals surface area contributed by atoms with Crippen LogP contribution in [0.15, 0.2) is 41.4 Å². The Labute approximate surface area is 124 Å². The van der Waals surface area contributed by atoms with E-state index in [0.717, 1.165) is 24.3 Å². The molecule has 5 nitrogen and oxygen atoms in total. The van der Waals surface area contributed by atoms with Crippen molar-refractivity contribution in [1.29, 1.82) is 0 Å². The summed E-state index contributed by atoms with van der Waals surface area (Å²) in [5, 5.41) is 7.76. The van der Waals surface area contributed by atoms with E-state index in [1.165, 1.54) is 15.6 Å². The molecule has 2 aromatic heterocycles. The van der Waals surface area contributed by atoms with Crippen LogP contribution in [0.2, 0.25) is 0 Å². The Morgan fingerprint density at radius 2 is 2.25 bits per heavy atom. The van der Waals surface area contributed by atoms with Crippen molar-refractivity contribution in [2.24, 2.45) is 0 Å². The Balaban J connectivity index is 1.72. The summed E-state index contributed by atoms with van der Waals surface area (Å²) in [7, 11) is 0. The molecule has 0 saturated heterocycles. The smallest absolute Gasteiger partial charge is 0.175 e. The molecule has 1 aliphatic carbocycles. The summed E-state index contributed by atoms with van der Waals surface area (Å²) in [6, 6.07) is 6.65. The molecule has 0 unspecified atom stereocenters. The van der Waals surface area contributed by atoms with E-state index >= 15 is 0 Å². The van der Waals surface area contributed by atoms with Crippen LogP contribution in [0.5, 0.6) is 0 Å². The van der Waals surface area contributed by atoms with Crippen molar-refractivity contribution in [2.75, 3.05) is 5.32 Å². The number of nitrogens with zero attached hydrogens (tertiary/aromatic N) is 4. The quantitative estimate of drug-likeness (QED) is 0.785. The molecule has 0 radical (unpaired) electrons. The molecule has 0 bridgehead atoms. The topological polar surface area (TPSA) is 55.1 Å². The van der Waals surface area contributed by atoms with Gasteiger partial charge in [0.2, 0.25) is 0 Å². The van der Waals surface area contributed by atoms with Crippen LogP contribution in [0, 0.1) is 0 Å². The monoisotopic (exact) mass is 329 g/mol. The third-order valence-corrected chi connectivity index (χ3v) is 4.47. The maximum absolute atomic E-state index is 4.23. The predicted octanol–water partition coefficient (Wildman–Crippen LogP) is 2.99. The highest BCUT2D eigenvalue weighted by Crippen LogP contribution is 2.37. The fourth-order valence-electron chi connectivity index (χ4n) is 2.79. The number of rotatable bonds is 2. The molecule has 6 heteroatoms. The Bertz CT molecular complexity index is 782. The number of aromatic nitrogens is 4. The maximum atomic E-state index is 4.23. The van der Waals surface area contributed by atoms with Crippen molar-refractivity contribution in [3.05, 3.63) is 52.5 Å². The molecular weight excluding hydrogens is 318 g/mol. The van der Waals surface area contributed by atoms with E-state index in [1.807, 2.05) is 0 Å². The first-order valence-electron chi connectivity index (χ1n) is 6.50. The fourth-order valence-corrected chi connectivity index (χ4v) is 3.37. The molecule has 0 spiro atoms. The fraction of sp³-hybridized carbons (Fsp3) is 0.214. The van der Waals surface area contributed by atoms with Crippen molar-refractivity contribution in [3.63, 3.8) is 0 Å². The first-order valence-corrected chi connectivity index (χ1v) is 7.30. The van der Waals surface area contributed by atoms with Gasteiger partial charge in [-0.05, 0) is 30.0 Å². The average molecular weight is 330 g/mol. The molecule has 0 amide bonds. The molecule has 3 aromatic rings. The molecule has 1 N–H and O–H groups in total. The van der Waals surface area contributed by atoms with Gasteiger partial charge in [-0.3, -0.25) is 4.98 Å². The van der Waals surface area contributed by atoms with Gasteiger partial charge in [0, 0.05) is 4.47 Å². The summed E-state index contributed by atoms with van der Waals surface area (Å²) >= 11 is 3.63. The van der Waals surface area contributed by atoms with Crippen molar-refractivity contribution in [3.8, 4) is 0 Å². The first kappa shape index (κ1) is 11.8. The summed E-state index contributed by atoms with van der Waals surface area (Å²) in [4.78, 5) is 8.36. The standard InChI is InChI=1S/C14H12BrN5/c15-11-3-1-2-10-9(11)4-5-12(10)19-14-7-16-6-13-17-8-18-20(13)14/h1-3,6-8,12,19H,4-5H2/t12-/m0/s1. The first-order chi connectivity index (χ1) is 9.83. The lowest BCUT2D eigenvalue weighted by Crippen LogP contribution is -2.11. The lowest BCUT2D eigenvalue weighted by atomic mass is 10.1. The van der Waals surface area contributed by atoms with E-state index in [9.17, 15) is 0 Å². The summed E-state index contributed by atoms with van der Waals surface area (Å²) < 4.78 is 2.97. The zero-order valence-corrected chi connectivity index (χ0v) is 12.2. The minimum absolute atomic E-state index is 0.291. The third kappa shape index (κ3) is 1.79. The lowest BCUT2D eigenvalue weighted by molar-refractivity contribution is 0.747. The molecule has 4 rings (SSSR count). The third-order valence-electron chi connectivity index (χ3n) is 3.72. The number of nitrogens with one attached hydrogen (secondary N) is 1. The van der Waals surface area contributed by atoms with Crippen LogP contribution in [0.25, 0.3) is 5.65 Å². The summed E-state index contributed by atoms with van der Waals surface area (Å²) in [6.45, 7) is 0. The minimum atomic E-state index is 0.291. The van der Waals surface area contributed by atoms with E-state index in [0.29, 0.717) is 6.04 Å². The van der Waals surface area contributed by atoms with E-state index in [-0.39, 0.29) is 0 Å². The highest BCUT2D eigenvalue weighted by atomic mass is 79.9. The zero-order valence-electron chi connectivity index (χ0n) is 10.6. The molecule has 0 saturated carbocycles. The highest BCUT2D eigenvalue weighted by molar-refractivity contribution is 9.10. The Kier molecular flexibility index (Phi) is 2.70. The predicted molar refractivity (Wildman–Crippen MR) is 79.6 cm³/mol. The Morgan fingerprint density at radius 1 is 1.30 bits per heavy atom. The maximum Gasteiger partial charge on any atom is 0.175 e. The molecule has 20 heavy (non-hydrogen) atoms. The molecular formula is C14H12BrN5. The molecule has 0 fully saturated rings. The van der Waals surface area contributed by atoms with Crippen LogP contribution < -0.4 is 5.32 Å². The van der Waals surface area contributed by atoms with Gasteiger partial charge in [0.05, 0.1) is 18.4 Å². The van der Waals surface area contributed by atoms with Crippen LogP contribution in [-0.4, -0.2) is 19.6 Å². The average Bonchev–Trinajstić information content (AvgIpc) is 3.07. The normalized spacial score (nSPS) is 17.4. The molecule has 1 atom stereocenters. The highest BCUT2D eigenvalue weighted by Gasteiger charge is 2.24. The van der Waals surface area contributed by atoms with Gasteiger partial charge in [-0.2, -0.15) is 9.61 Å². The molecule has 2 heterocycles. The van der Waals surface area contributed by atoms with Gasteiger partial charge >= 0.3 is 0 Å². The van der Waals surface area contributed by atoms with Gasteiger partial charge in [0.15, 0.2) is 5.65 Å². The lowest BCUT2D eigenvalue weighted by Gasteiger charge is -2.15. The van der Waals surface area contributed by atoms with Crippen LogP contribution in [-0.2, 0) is 6.42 Å². The van der Waals surface area contributed by atoms with Crippen molar-refractivity contribution < 1.29 is 0 Å². The van der Waals surface area contributed by atoms with Crippen LogP contribution >= 0.6 is 15.9 Å². The summed E-state index contributed by atoms with van der Waals surface area (Å²) in [6.07, 6.45) is 7.19. The molecule has 100 valence electrons. The van der Waals surface area contributed by atoms with Gasteiger partial charge < -0.3 is 5.32 Å². The number of anilines is 1. The van der Waals surface area contributed by atoms with Gasteiger partial charge in [0.1, 0.15) is 12.1 Å². The number of hydrogen-bond donors (Lipinski definition) is 1. The van der Waals surface area contributed by atoms with E-state index < -0.39 is 0 Å². The van der Waals surface area contributed by atoms with Crippen molar-refractivity contribution in [2.45, 2.75) is 18.9 Å². The number of benzene rings is 1. The molecule has 0 aliphatic heterocycles. The van der Waals surface area contributed by atoms with Gasteiger partial charge in [-0.25, -0.2) is 4.98 Å². The van der Waals surface area contributed by atoms with Crippen LogP contribution in [0.1, 0.15) is 23.6 Å².